The molecule has 0 bridgehead atoms. The molecule has 0 aliphatic heterocycles. The molecular formula is C14H26N2O4. The highest BCUT2D eigenvalue weighted by atomic mass is 16.5. The Kier molecular flexibility index (Phi) is 7.36. The minimum Gasteiger partial charge on any atom is -0.480 e. The van der Waals surface area contributed by atoms with E-state index in [2.05, 4.69) is 10.6 Å². The molecule has 2 amide bonds. The molecule has 0 aromatic heterocycles. The first kappa shape index (κ1) is 16.8. The van der Waals surface area contributed by atoms with Crippen LogP contribution in [-0.4, -0.2) is 42.4 Å². The van der Waals surface area contributed by atoms with Gasteiger partial charge < -0.3 is 20.5 Å². The van der Waals surface area contributed by atoms with Gasteiger partial charge in [-0.25, -0.2) is 9.59 Å². The molecule has 0 heterocycles. The molecule has 6 heteroatoms. The molecule has 1 saturated carbocycles. The van der Waals surface area contributed by atoms with E-state index in [4.69, 9.17) is 4.74 Å². The van der Waals surface area contributed by atoms with Gasteiger partial charge in [-0.2, -0.15) is 0 Å². The number of hydrogen-bond acceptors (Lipinski definition) is 3. The molecule has 0 saturated heterocycles. The number of carboxylic acid groups (broad SMARTS) is 1. The van der Waals surface area contributed by atoms with Crippen molar-refractivity contribution < 1.29 is 19.4 Å². The Bertz CT molecular complexity index is 316. The summed E-state index contributed by atoms with van der Waals surface area (Å²) in [5.74, 6) is -0.916. The van der Waals surface area contributed by atoms with Crippen molar-refractivity contribution >= 4 is 12.0 Å². The topological polar surface area (TPSA) is 87.7 Å². The number of carbonyl (C=O) groups is 2. The van der Waals surface area contributed by atoms with E-state index in [0.717, 1.165) is 32.1 Å². The molecule has 3 N–H and O–H groups in total. The van der Waals surface area contributed by atoms with Gasteiger partial charge >= 0.3 is 12.0 Å². The lowest BCUT2D eigenvalue weighted by molar-refractivity contribution is -0.141. The molecule has 116 valence electrons. The van der Waals surface area contributed by atoms with Gasteiger partial charge in [0.2, 0.25) is 0 Å². The highest BCUT2D eigenvalue weighted by Crippen LogP contribution is 2.26. The molecule has 1 aliphatic carbocycles. The Morgan fingerprint density at radius 3 is 2.50 bits per heavy atom. The summed E-state index contributed by atoms with van der Waals surface area (Å²) in [5.41, 5.74) is 0. The van der Waals surface area contributed by atoms with Crippen LogP contribution in [0.1, 0.15) is 46.0 Å². The molecule has 6 nitrogen and oxygen atoms in total. The average Bonchev–Trinajstić information content (AvgIpc) is 2.43. The maximum Gasteiger partial charge on any atom is 0.326 e. The van der Waals surface area contributed by atoms with Crippen LogP contribution >= 0.6 is 0 Å². The SMILES string of the molecule is CCOC(C)CNC(=O)NC(C(=O)O)C1CCCCC1. The van der Waals surface area contributed by atoms with Gasteiger partial charge in [0.05, 0.1) is 6.10 Å². The number of ether oxygens (including phenoxy) is 1. The van der Waals surface area contributed by atoms with E-state index in [0.29, 0.717) is 13.2 Å². The maximum absolute atomic E-state index is 11.8. The van der Waals surface area contributed by atoms with Crippen LogP contribution in [-0.2, 0) is 9.53 Å². The minimum atomic E-state index is -0.954. The van der Waals surface area contributed by atoms with Crippen molar-refractivity contribution in [1.29, 1.82) is 0 Å². The van der Waals surface area contributed by atoms with Crippen molar-refractivity contribution in [2.24, 2.45) is 5.92 Å². The second-order valence-electron chi connectivity index (χ2n) is 5.33. The summed E-state index contributed by atoms with van der Waals surface area (Å²) in [6.07, 6.45) is 4.89. The molecule has 1 aliphatic rings. The van der Waals surface area contributed by atoms with E-state index in [1.54, 1.807) is 0 Å². The van der Waals surface area contributed by atoms with Crippen LogP contribution in [0.3, 0.4) is 0 Å². The number of nitrogens with one attached hydrogen (secondary N) is 2. The Hall–Kier alpha value is -1.30. The van der Waals surface area contributed by atoms with Crippen molar-refractivity contribution in [3.63, 3.8) is 0 Å². The molecule has 1 fully saturated rings. The first-order valence-electron chi connectivity index (χ1n) is 7.43. The second kappa shape index (κ2) is 8.79. The minimum absolute atomic E-state index is 0.0383. The molecule has 0 radical (unpaired) electrons. The molecule has 0 aromatic carbocycles. The predicted molar refractivity (Wildman–Crippen MR) is 75.6 cm³/mol. The summed E-state index contributed by atoms with van der Waals surface area (Å²) in [6.45, 7) is 4.71. The Balaban J connectivity index is 2.40. The molecule has 20 heavy (non-hydrogen) atoms. The smallest absolute Gasteiger partial charge is 0.326 e. The molecule has 0 aromatic rings. The standard InChI is InChI=1S/C14H26N2O4/c1-3-20-10(2)9-15-14(19)16-12(13(17)18)11-7-5-4-6-8-11/h10-12H,3-9H2,1-2H3,(H,17,18)(H2,15,16,19). The van der Waals surface area contributed by atoms with Crippen molar-refractivity contribution in [3.05, 3.63) is 0 Å². The summed E-state index contributed by atoms with van der Waals surface area (Å²) < 4.78 is 5.30. The third kappa shape index (κ3) is 5.77. The number of carboxylic acids is 1. The summed E-state index contributed by atoms with van der Waals surface area (Å²) in [4.78, 5) is 23.1. The maximum atomic E-state index is 11.8. The third-order valence-electron chi connectivity index (χ3n) is 3.68. The number of aliphatic carboxylic acids is 1. The zero-order valence-corrected chi connectivity index (χ0v) is 12.4. The van der Waals surface area contributed by atoms with E-state index < -0.39 is 18.0 Å². The molecule has 0 spiro atoms. The molecule has 1 rings (SSSR count). The number of rotatable bonds is 7. The van der Waals surface area contributed by atoms with Gasteiger partial charge in [0.1, 0.15) is 6.04 Å². The zero-order chi connectivity index (χ0) is 15.0. The van der Waals surface area contributed by atoms with Gasteiger partial charge in [0.15, 0.2) is 0 Å². The Morgan fingerprint density at radius 2 is 1.95 bits per heavy atom. The fraction of sp³-hybridized carbons (Fsp3) is 0.857. The lowest BCUT2D eigenvalue weighted by Crippen LogP contribution is -2.51. The van der Waals surface area contributed by atoms with Gasteiger partial charge in [-0.1, -0.05) is 19.3 Å². The highest BCUT2D eigenvalue weighted by molar-refractivity contribution is 5.82. The average molecular weight is 286 g/mol. The predicted octanol–water partition coefficient (Wildman–Crippen LogP) is 1.74. The quantitative estimate of drug-likeness (QED) is 0.665. The molecular weight excluding hydrogens is 260 g/mol. The van der Waals surface area contributed by atoms with Crippen molar-refractivity contribution in [2.45, 2.75) is 58.1 Å². The van der Waals surface area contributed by atoms with Crippen molar-refractivity contribution in [2.75, 3.05) is 13.2 Å². The summed E-state index contributed by atoms with van der Waals surface area (Å²) in [6, 6.07) is -1.23. The normalized spacial score (nSPS) is 19.1. The van der Waals surface area contributed by atoms with Crippen molar-refractivity contribution in [3.8, 4) is 0 Å². The highest BCUT2D eigenvalue weighted by Gasteiger charge is 2.30. The largest absolute Gasteiger partial charge is 0.480 e. The Labute approximate surface area is 120 Å². The molecule has 2 atom stereocenters. The number of urea groups is 1. The number of amides is 2. The van der Waals surface area contributed by atoms with Gasteiger partial charge in [-0.15, -0.1) is 0 Å². The lowest BCUT2D eigenvalue weighted by atomic mass is 9.84. The van der Waals surface area contributed by atoms with Crippen LogP contribution in [0.5, 0.6) is 0 Å². The van der Waals surface area contributed by atoms with E-state index in [1.807, 2.05) is 13.8 Å². The van der Waals surface area contributed by atoms with Gasteiger partial charge in [-0.05, 0) is 32.6 Å². The van der Waals surface area contributed by atoms with Crippen LogP contribution in [0, 0.1) is 5.92 Å². The fourth-order valence-corrected chi connectivity index (χ4v) is 2.62. The van der Waals surface area contributed by atoms with E-state index in [9.17, 15) is 14.7 Å². The summed E-state index contributed by atoms with van der Waals surface area (Å²) >= 11 is 0. The Morgan fingerprint density at radius 1 is 1.30 bits per heavy atom. The fourth-order valence-electron chi connectivity index (χ4n) is 2.62. The number of hydrogen-bond donors (Lipinski definition) is 3. The van der Waals surface area contributed by atoms with Crippen molar-refractivity contribution in [1.82, 2.24) is 10.6 Å². The van der Waals surface area contributed by atoms with Crippen LogP contribution in [0.2, 0.25) is 0 Å². The van der Waals surface area contributed by atoms with Gasteiger partial charge in [0, 0.05) is 13.2 Å². The third-order valence-corrected chi connectivity index (χ3v) is 3.68. The van der Waals surface area contributed by atoms with Crippen LogP contribution in [0.4, 0.5) is 4.79 Å². The van der Waals surface area contributed by atoms with Crippen LogP contribution < -0.4 is 10.6 Å². The summed E-state index contributed by atoms with van der Waals surface area (Å²) in [5, 5.41) is 14.5. The van der Waals surface area contributed by atoms with E-state index in [1.165, 1.54) is 0 Å². The van der Waals surface area contributed by atoms with Crippen LogP contribution in [0.15, 0.2) is 0 Å². The monoisotopic (exact) mass is 286 g/mol. The summed E-state index contributed by atoms with van der Waals surface area (Å²) in [7, 11) is 0. The lowest BCUT2D eigenvalue weighted by Gasteiger charge is -2.28. The van der Waals surface area contributed by atoms with Gasteiger partial charge in [-0.3, -0.25) is 0 Å². The first-order chi connectivity index (χ1) is 9.54. The van der Waals surface area contributed by atoms with Gasteiger partial charge in [0.25, 0.3) is 0 Å². The second-order valence-corrected chi connectivity index (χ2v) is 5.33. The number of carbonyl (C=O) groups excluding carboxylic acids is 1. The van der Waals surface area contributed by atoms with E-state index in [-0.39, 0.29) is 12.0 Å². The van der Waals surface area contributed by atoms with Crippen LogP contribution in [0.25, 0.3) is 0 Å². The molecule has 2 unspecified atom stereocenters. The first-order valence-corrected chi connectivity index (χ1v) is 7.43. The van der Waals surface area contributed by atoms with E-state index >= 15 is 0 Å². The zero-order valence-electron chi connectivity index (χ0n) is 12.4.